The fraction of sp³-hybridized carbons (Fsp3) is 0.308. The smallest absolute Gasteiger partial charge is 0.168 e. The molecule has 0 bridgehead atoms. The van der Waals surface area contributed by atoms with Crippen LogP contribution in [0.3, 0.4) is 0 Å². The Kier molecular flexibility index (Phi) is 2.52. The summed E-state index contributed by atoms with van der Waals surface area (Å²) in [6.45, 7) is 2.20. The molecule has 1 aliphatic carbocycles. The van der Waals surface area contributed by atoms with Gasteiger partial charge in [0.1, 0.15) is 0 Å². The van der Waals surface area contributed by atoms with Crippen LogP contribution in [0.4, 0.5) is 0 Å². The number of rotatable bonds is 0. The van der Waals surface area contributed by atoms with Crippen LogP contribution in [0.25, 0.3) is 10.8 Å². The van der Waals surface area contributed by atoms with E-state index in [1.54, 1.807) is 11.1 Å². The van der Waals surface area contributed by atoms with Crippen molar-refractivity contribution in [3.05, 3.63) is 41.0 Å². The van der Waals surface area contributed by atoms with Gasteiger partial charge in [-0.15, -0.1) is 28.5 Å². The second-order valence-electron chi connectivity index (χ2n) is 4.08. The van der Waals surface area contributed by atoms with Gasteiger partial charge in [-0.05, 0) is 19.3 Å². The Labute approximate surface area is 96.9 Å². The van der Waals surface area contributed by atoms with Gasteiger partial charge in [-0.1, -0.05) is 18.1 Å². The van der Waals surface area contributed by atoms with Crippen molar-refractivity contribution in [2.75, 3.05) is 0 Å². The molecule has 0 saturated heterocycles. The minimum Gasteiger partial charge on any atom is -0.168 e. The van der Waals surface area contributed by atoms with Crippen molar-refractivity contribution in [3.8, 4) is 0 Å². The topological polar surface area (TPSA) is 0 Å². The number of fused-ring (bicyclic) bond motifs is 2. The van der Waals surface area contributed by atoms with Gasteiger partial charge >= 0.3 is 18.9 Å². The van der Waals surface area contributed by atoms with E-state index in [4.69, 9.17) is 0 Å². The van der Waals surface area contributed by atoms with Gasteiger partial charge in [0, 0.05) is 0 Å². The summed E-state index contributed by atoms with van der Waals surface area (Å²) in [6.07, 6.45) is 3.92. The van der Waals surface area contributed by atoms with Gasteiger partial charge in [-0.25, -0.2) is 0 Å². The molecule has 0 aliphatic heterocycles. The number of benzene rings is 1. The van der Waals surface area contributed by atoms with Crippen LogP contribution in [0.1, 0.15) is 23.1 Å². The molecule has 2 aromatic rings. The van der Waals surface area contributed by atoms with E-state index < -0.39 is 0 Å². The Morgan fingerprint density at radius 1 is 1.14 bits per heavy atom. The van der Waals surface area contributed by atoms with Gasteiger partial charge in [-0.3, -0.25) is 0 Å². The quantitative estimate of drug-likeness (QED) is 0.401. The third-order valence-electron chi connectivity index (χ3n) is 3.20. The Hall–Kier alpha value is -0.573. The summed E-state index contributed by atoms with van der Waals surface area (Å²) in [5.74, 6) is 0. The Morgan fingerprint density at radius 2 is 1.86 bits per heavy atom. The predicted octanol–water partition coefficient (Wildman–Crippen LogP) is 0.360. The normalized spacial score (nSPS) is 14.1. The number of hydrogen-bond acceptors (Lipinski definition) is 0. The summed E-state index contributed by atoms with van der Waals surface area (Å²) in [5.41, 5.74) is 4.59. The predicted molar refractivity (Wildman–Crippen MR) is 56.3 cm³/mol. The zero-order valence-electron chi connectivity index (χ0n) is 8.93. The Balaban J connectivity index is 0.000000750. The van der Waals surface area contributed by atoms with Crippen molar-refractivity contribution >= 4 is 10.8 Å². The van der Waals surface area contributed by atoms with Crippen LogP contribution < -0.4 is 18.9 Å². The van der Waals surface area contributed by atoms with E-state index in [0.29, 0.717) is 0 Å². The van der Waals surface area contributed by atoms with Gasteiger partial charge in [0.15, 0.2) is 0 Å². The first kappa shape index (κ1) is 9.96. The fourth-order valence-corrected chi connectivity index (χ4v) is 2.43. The molecular formula is C13H13Li. The standard InChI is InChI=1S/C13H13.Li/c1-9-5-6-12-7-10-3-2-4-11(10)8-13(9)12;/h5-8H,2-4H2,1H3;/q-1;+1. The fourth-order valence-electron chi connectivity index (χ4n) is 2.43. The van der Waals surface area contributed by atoms with E-state index in [-0.39, 0.29) is 18.9 Å². The molecule has 1 heteroatoms. The third-order valence-corrected chi connectivity index (χ3v) is 3.20. The van der Waals surface area contributed by atoms with Gasteiger partial charge in [-0.2, -0.15) is 12.1 Å². The van der Waals surface area contributed by atoms with Crippen LogP contribution in [0, 0.1) is 6.92 Å². The second kappa shape index (κ2) is 3.53. The van der Waals surface area contributed by atoms with E-state index in [9.17, 15) is 0 Å². The molecule has 0 fully saturated rings. The van der Waals surface area contributed by atoms with Crippen molar-refractivity contribution < 1.29 is 18.9 Å². The molecule has 0 nitrogen and oxygen atoms in total. The maximum Gasteiger partial charge on any atom is 1.00 e. The second-order valence-corrected chi connectivity index (χ2v) is 4.08. The van der Waals surface area contributed by atoms with E-state index in [1.807, 2.05) is 0 Å². The molecule has 66 valence electrons. The molecule has 3 rings (SSSR count). The van der Waals surface area contributed by atoms with Crippen LogP contribution in [0.2, 0.25) is 0 Å². The van der Waals surface area contributed by atoms with Gasteiger partial charge in [0.2, 0.25) is 0 Å². The van der Waals surface area contributed by atoms with Crippen molar-refractivity contribution in [2.24, 2.45) is 0 Å². The molecule has 14 heavy (non-hydrogen) atoms. The Bertz CT molecular complexity index is 465. The molecular weight excluding hydrogens is 163 g/mol. The summed E-state index contributed by atoms with van der Waals surface area (Å²) in [5, 5.41) is 2.89. The molecule has 0 amide bonds. The molecule has 0 atom stereocenters. The Morgan fingerprint density at radius 3 is 2.64 bits per heavy atom. The maximum atomic E-state index is 2.40. The minimum absolute atomic E-state index is 0. The SMILES string of the molecule is C[c-]1ccc2cc3c(cc21)CCC3.[Li+]. The molecule has 0 radical (unpaired) electrons. The average molecular weight is 176 g/mol. The van der Waals surface area contributed by atoms with E-state index in [1.165, 1.54) is 35.6 Å². The van der Waals surface area contributed by atoms with Crippen molar-refractivity contribution in [1.82, 2.24) is 0 Å². The largest absolute Gasteiger partial charge is 1.00 e. The van der Waals surface area contributed by atoms with Gasteiger partial charge < -0.3 is 0 Å². The van der Waals surface area contributed by atoms with Gasteiger partial charge in [0.25, 0.3) is 0 Å². The first-order chi connectivity index (χ1) is 6.34. The van der Waals surface area contributed by atoms with Crippen molar-refractivity contribution in [2.45, 2.75) is 26.2 Å². The summed E-state index contributed by atoms with van der Waals surface area (Å²) < 4.78 is 0. The van der Waals surface area contributed by atoms with Crippen molar-refractivity contribution in [1.29, 1.82) is 0 Å². The van der Waals surface area contributed by atoms with Crippen LogP contribution in [0.15, 0.2) is 24.3 Å². The number of aryl methyl sites for hydroxylation is 3. The minimum atomic E-state index is 0. The van der Waals surface area contributed by atoms with Crippen LogP contribution in [-0.4, -0.2) is 0 Å². The first-order valence-corrected chi connectivity index (χ1v) is 5.02. The molecule has 0 saturated carbocycles. The zero-order chi connectivity index (χ0) is 8.84. The zero-order valence-corrected chi connectivity index (χ0v) is 8.93. The molecule has 0 spiro atoms. The van der Waals surface area contributed by atoms with Crippen molar-refractivity contribution in [3.63, 3.8) is 0 Å². The molecule has 0 N–H and O–H groups in total. The summed E-state index contributed by atoms with van der Waals surface area (Å²) in [4.78, 5) is 0. The first-order valence-electron chi connectivity index (χ1n) is 5.02. The monoisotopic (exact) mass is 176 g/mol. The maximum absolute atomic E-state index is 2.40. The van der Waals surface area contributed by atoms with E-state index >= 15 is 0 Å². The van der Waals surface area contributed by atoms with E-state index in [2.05, 4.69) is 31.2 Å². The number of hydrogen-bond donors (Lipinski definition) is 0. The molecule has 0 aromatic heterocycles. The summed E-state index contributed by atoms with van der Waals surface area (Å²) >= 11 is 0. The van der Waals surface area contributed by atoms with E-state index in [0.717, 1.165) is 0 Å². The third kappa shape index (κ3) is 1.34. The molecule has 1 aliphatic rings. The van der Waals surface area contributed by atoms with Crippen LogP contribution in [-0.2, 0) is 12.8 Å². The van der Waals surface area contributed by atoms with Gasteiger partial charge in [0.05, 0.1) is 0 Å². The molecule has 0 heterocycles. The molecule has 2 aromatic carbocycles. The summed E-state index contributed by atoms with van der Waals surface area (Å²) in [7, 11) is 0. The average Bonchev–Trinajstić information content (AvgIpc) is 2.70. The van der Waals surface area contributed by atoms with Crippen LogP contribution in [0.5, 0.6) is 0 Å². The molecule has 0 unspecified atom stereocenters. The van der Waals surface area contributed by atoms with Crippen LogP contribution >= 0.6 is 0 Å². The summed E-state index contributed by atoms with van der Waals surface area (Å²) in [6, 6.07) is 9.24.